The molecule has 1 aromatic carbocycles. The van der Waals surface area contributed by atoms with Crippen LogP contribution in [0.5, 0.6) is 0 Å². The maximum atomic E-state index is 13.3. The zero-order valence-electron chi connectivity index (χ0n) is 15.5. The average molecular weight is 360 g/mol. The molecule has 136 valence electrons. The molecule has 0 bridgehead atoms. The first-order valence-corrected chi connectivity index (χ1v) is 8.72. The van der Waals surface area contributed by atoms with Gasteiger partial charge in [0, 0.05) is 20.6 Å². The molecule has 0 aliphatic carbocycles. The summed E-state index contributed by atoms with van der Waals surface area (Å²) in [5, 5.41) is 5.23. The summed E-state index contributed by atoms with van der Waals surface area (Å²) in [4.78, 5) is 19.6. The first kappa shape index (κ1) is 17.0. The van der Waals surface area contributed by atoms with Gasteiger partial charge in [0.25, 0.3) is 5.91 Å². The molecule has 0 unspecified atom stereocenters. The highest BCUT2D eigenvalue weighted by Gasteiger charge is 2.22. The number of nitrogens with zero attached hydrogens (tertiary/aromatic N) is 4. The first-order chi connectivity index (χ1) is 13.0. The minimum absolute atomic E-state index is 0.0739. The number of hydrogen-bond acceptors (Lipinski definition) is 4. The topological polar surface area (TPSA) is 64.2 Å². The van der Waals surface area contributed by atoms with E-state index in [4.69, 9.17) is 4.42 Å². The highest BCUT2D eigenvalue weighted by Crippen LogP contribution is 2.28. The Morgan fingerprint density at radius 1 is 1.19 bits per heavy atom. The molecule has 3 heterocycles. The minimum atomic E-state index is -0.0739. The second-order valence-electron chi connectivity index (χ2n) is 6.59. The summed E-state index contributed by atoms with van der Waals surface area (Å²) in [5.74, 6) is 0.547. The van der Waals surface area contributed by atoms with Crippen LogP contribution in [-0.2, 0) is 13.6 Å². The molecule has 0 radical (unpaired) electrons. The quantitative estimate of drug-likeness (QED) is 0.555. The van der Waals surface area contributed by atoms with Crippen LogP contribution < -0.4 is 0 Å². The molecule has 27 heavy (non-hydrogen) atoms. The standard InChI is InChI=1S/C21H20N4O2/c1-14-19-16(21(26)24(2)13-15-8-5-4-6-9-15)12-17(18-10-7-11-27-18)22-20(19)25(3)23-14/h4-12H,13H2,1-3H3. The van der Waals surface area contributed by atoms with E-state index in [2.05, 4.69) is 10.1 Å². The summed E-state index contributed by atoms with van der Waals surface area (Å²) in [6, 6.07) is 15.4. The molecular weight excluding hydrogens is 340 g/mol. The summed E-state index contributed by atoms with van der Waals surface area (Å²) in [6.07, 6.45) is 1.60. The van der Waals surface area contributed by atoms with E-state index in [1.54, 1.807) is 35.0 Å². The zero-order chi connectivity index (χ0) is 19.0. The number of aryl methyl sites for hydroxylation is 2. The van der Waals surface area contributed by atoms with Crippen molar-refractivity contribution in [3.63, 3.8) is 0 Å². The number of furan rings is 1. The SMILES string of the molecule is Cc1nn(C)c2nc(-c3ccco3)cc(C(=O)N(C)Cc3ccccc3)c12. The summed E-state index contributed by atoms with van der Waals surface area (Å²) < 4.78 is 7.19. The average Bonchev–Trinajstić information content (AvgIpc) is 3.30. The second-order valence-corrected chi connectivity index (χ2v) is 6.59. The summed E-state index contributed by atoms with van der Waals surface area (Å²) in [7, 11) is 3.63. The van der Waals surface area contributed by atoms with Gasteiger partial charge in [-0.1, -0.05) is 30.3 Å². The van der Waals surface area contributed by atoms with E-state index in [1.807, 2.05) is 50.4 Å². The molecule has 4 rings (SSSR count). The van der Waals surface area contributed by atoms with Gasteiger partial charge in [-0.2, -0.15) is 5.10 Å². The Kier molecular flexibility index (Phi) is 4.24. The molecule has 6 nitrogen and oxygen atoms in total. The summed E-state index contributed by atoms with van der Waals surface area (Å²) in [6.45, 7) is 2.42. The van der Waals surface area contributed by atoms with Crippen molar-refractivity contribution in [2.24, 2.45) is 7.05 Å². The molecule has 0 N–H and O–H groups in total. The van der Waals surface area contributed by atoms with Crippen LogP contribution in [0.15, 0.2) is 59.2 Å². The Labute approximate surface area is 157 Å². The fourth-order valence-corrected chi connectivity index (χ4v) is 3.30. The highest BCUT2D eigenvalue weighted by molar-refractivity contribution is 6.07. The van der Waals surface area contributed by atoms with Gasteiger partial charge in [-0.25, -0.2) is 4.98 Å². The number of carbonyl (C=O) groups excluding carboxylic acids is 1. The van der Waals surface area contributed by atoms with E-state index >= 15 is 0 Å². The molecule has 3 aromatic heterocycles. The van der Waals surface area contributed by atoms with E-state index in [1.165, 1.54) is 0 Å². The van der Waals surface area contributed by atoms with Gasteiger partial charge in [0.1, 0.15) is 5.69 Å². The Morgan fingerprint density at radius 2 is 1.96 bits per heavy atom. The zero-order valence-corrected chi connectivity index (χ0v) is 15.5. The molecule has 1 amide bonds. The van der Waals surface area contributed by atoms with Crippen molar-refractivity contribution in [2.75, 3.05) is 7.05 Å². The van der Waals surface area contributed by atoms with Crippen LogP contribution >= 0.6 is 0 Å². The van der Waals surface area contributed by atoms with Crippen molar-refractivity contribution in [1.29, 1.82) is 0 Å². The van der Waals surface area contributed by atoms with Crippen LogP contribution in [0.4, 0.5) is 0 Å². The Hall–Kier alpha value is -3.41. The van der Waals surface area contributed by atoms with Crippen molar-refractivity contribution in [3.05, 3.63) is 71.6 Å². The van der Waals surface area contributed by atoms with Gasteiger partial charge in [-0.15, -0.1) is 0 Å². The largest absolute Gasteiger partial charge is 0.463 e. The van der Waals surface area contributed by atoms with Gasteiger partial charge in [-0.3, -0.25) is 9.48 Å². The van der Waals surface area contributed by atoms with Crippen LogP contribution in [0.3, 0.4) is 0 Å². The van der Waals surface area contributed by atoms with E-state index in [-0.39, 0.29) is 5.91 Å². The Balaban J connectivity index is 1.80. The van der Waals surface area contributed by atoms with Crippen LogP contribution in [0.1, 0.15) is 21.6 Å². The number of hydrogen-bond donors (Lipinski definition) is 0. The molecule has 6 heteroatoms. The fourth-order valence-electron chi connectivity index (χ4n) is 3.30. The smallest absolute Gasteiger partial charge is 0.254 e. The van der Waals surface area contributed by atoms with Gasteiger partial charge in [0.15, 0.2) is 11.4 Å². The van der Waals surface area contributed by atoms with E-state index in [0.29, 0.717) is 29.2 Å². The van der Waals surface area contributed by atoms with Gasteiger partial charge in [0.2, 0.25) is 0 Å². The van der Waals surface area contributed by atoms with Crippen LogP contribution in [0.2, 0.25) is 0 Å². The normalized spacial score (nSPS) is 11.1. The molecule has 0 fully saturated rings. The number of pyridine rings is 1. The lowest BCUT2D eigenvalue weighted by molar-refractivity contribution is 0.0787. The minimum Gasteiger partial charge on any atom is -0.463 e. The lowest BCUT2D eigenvalue weighted by Gasteiger charge is -2.18. The van der Waals surface area contributed by atoms with Crippen LogP contribution in [0.25, 0.3) is 22.5 Å². The van der Waals surface area contributed by atoms with Crippen molar-refractivity contribution in [1.82, 2.24) is 19.7 Å². The predicted octanol–water partition coefficient (Wildman–Crippen LogP) is 3.81. The van der Waals surface area contributed by atoms with Gasteiger partial charge < -0.3 is 9.32 Å². The number of amides is 1. The fraction of sp³-hybridized carbons (Fsp3) is 0.190. The predicted molar refractivity (Wildman–Crippen MR) is 103 cm³/mol. The monoisotopic (exact) mass is 360 g/mol. The maximum absolute atomic E-state index is 13.3. The third-order valence-corrected chi connectivity index (χ3v) is 4.58. The Morgan fingerprint density at radius 3 is 2.67 bits per heavy atom. The maximum Gasteiger partial charge on any atom is 0.254 e. The molecule has 0 aliphatic heterocycles. The van der Waals surface area contributed by atoms with Crippen LogP contribution in [0, 0.1) is 6.92 Å². The van der Waals surface area contributed by atoms with Gasteiger partial charge in [0.05, 0.1) is 22.9 Å². The van der Waals surface area contributed by atoms with Crippen molar-refractivity contribution >= 4 is 16.9 Å². The molecule has 0 atom stereocenters. The number of aromatic nitrogens is 3. The summed E-state index contributed by atoms with van der Waals surface area (Å²) >= 11 is 0. The summed E-state index contributed by atoms with van der Waals surface area (Å²) in [5.41, 5.74) is 3.72. The van der Waals surface area contributed by atoms with Gasteiger partial charge in [-0.05, 0) is 30.7 Å². The van der Waals surface area contributed by atoms with Crippen molar-refractivity contribution in [2.45, 2.75) is 13.5 Å². The van der Waals surface area contributed by atoms with E-state index < -0.39 is 0 Å². The highest BCUT2D eigenvalue weighted by atomic mass is 16.3. The van der Waals surface area contributed by atoms with Crippen molar-refractivity contribution in [3.8, 4) is 11.5 Å². The lowest BCUT2D eigenvalue weighted by atomic mass is 10.1. The molecule has 4 aromatic rings. The molecular formula is C21H20N4O2. The number of fused-ring (bicyclic) bond motifs is 1. The number of rotatable bonds is 4. The Bertz CT molecular complexity index is 1100. The lowest BCUT2D eigenvalue weighted by Crippen LogP contribution is -2.26. The van der Waals surface area contributed by atoms with Crippen molar-refractivity contribution < 1.29 is 9.21 Å². The molecule has 0 spiro atoms. The number of carbonyl (C=O) groups is 1. The van der Waals surface area contributed by atoms with Crippen LogP contribution in [-0.4, -0.2) is 32.6 Å². The third-order valence-electron chi connectivity index (χ3n) is 4.58. The third kappa shape index (κ3) is 3.10. The first-order valence-electron chi connectivity index (χ1n) is 8.72. The van der Waals surface area contributed by atoms with E-state index in [0.717, 1.165) is 16.6 Å². The molecule has 0 saturated carbocycles. The van der Waals surface area contributed by atoms with E-state index in [9.17, 15) is 4.79 Å². The molecule has 0 saturated heterocycles. The number of benzene rings is 1. The van der Waals surface area contributed by atoms with Gasteiger partial charge >= 0.3 is 0 Å². The molecule has 0 aliphatic rings. The second kappa shape index (κ2) is 6.72.